The molecule has 0 aromatic heterocycles. The molecule has 4 rings (SSSR count). The molecule has 2 heterocycles. The van der Waals surface area contributed by atoms with Gasteiger partial charge >= 0.3 is 0 Å². The molecule has 0 unspecified atom stereocenters. The van der Waals surface area contributed by atoms with Crippen LogP contribution in [0.2, 0.25) is 0 Å². The van der Waals surface area contributed by atoms with Crippen LogP contribution in [0.3, 0.4) is 0 Å². The van der Waals surface area contributed by atoms with Crippen LogP contribution in [0.15, 0.2) is 30.3 Å². The number of benzene rings is 2. The van der Waals surface area contributed by atoms with Crippen molar-refractivity contribution in [1.29, 1.82) is 0 Å². The van der Waals surface area contributed by atoms with Gasteiger partial charge in [-0.05, 0) is 29.3 Å². The lowest BCUT2D eigenvalue weighted by molar-refractivity contribution is -0.924. The van der Waals surface area contributed by atoms with Crippen molar-refractivity contribution in [3.8, 4) is 17.2 Å². The van der Waals surface area contributed by atoms with E-state index in [4.69, 9.17) is 14.2 Å². The van der Waals surface area contributed by atoms with Gasteiger partial charge in [-0.2, -0.15) is 0 Å². The fourth-order valence-corrected chi connectivity index (χ4v) is 4.20. The zero-order valence-electron chi connectivity index (χ0n) is 15.9. The first-order valence-electron chi connectivity index (χ1n) is 9.16. The van der Waals surface area contributed by atoms with E-state index in [0.29, 0.717) is 23.5 Å². The van der Waals surface area contributed by atoms with Crippen molar-refractivity contribution in [2.75, 3.05) is 34.5 Å². The van der Waals surface area contributed by atoms with Gasteiger partial charge in [0.15, 0.2) is 11.5 Å². The number of rotatable bonds is 4. The fraction of sp³-hybridized carbons (Fsp3) is 0.429. The first-order valence-corrected chi connectivity index (χ1v) is 9.16. The average Bonchev–Trinajstić information content (AvgIpc) is 3.11. The highest BCUT2D eigenvalue weighted by atomic mass is 19.1. The standard InChI is InChI=1S/C21H25FNO4/c1-23(2)9-8-14-10-18-20(27-12-26-18)21(25-3)19(14)16(23)11-17(24)13-4-6-15(22)7-5-13/h4-7,10,16-17,24H,8-9,11-12H2,1-3H3/q+1/t16-,17+/m1/s1. The largest absolute Gasteiger partial charge is 0.492 e. The smallest absolute Gasteiger partial charge is 0.231 e. The molecule has 5 nitrogen and oxygen atoms in total. The predicted octanol–water partition coefficient (Wildman–Crippen LogP) is 3.36. The van der Waals surface area contributed by atoms with Crippen LogP contribution in [0.5, 0.6) is 17.2 Å². The zero-order chi connectivity index (χ0) is 19.2. The highest BCUT2D eigenvalue weighted by Gasteiger charge is 2.42. The van der Waals surface area contributed by atoms with Gasteiger partial charge in [0.05, 0.1) is 39.4 Å². The van der Waals surface area contributed by atoms with Crippen molar-refractivity contribution in [2.24, 2.45) is 0 Å². The molecule has 2 aromatic rings. The first kappa shape index (κ1) is 18.1. The molecule has 2 aromatic carbocycles. The van der Waals surface area contributed by atoms with Crippen LogP contribution in [0, 0.1) is 5.82 Å². The lowest BCUT2D eigenvalue weighted by atomic mass is 9.85. The molecule has 6 heteroatoms. The van der Waals surface area contributed by atoms with Gasteiger partial charge in [0, 0.05) is 12.8 Å². The SMILES string of the molecule is COc1c2c(cc3c1[C@@H](C[C@H](O)c1ccc(F)cc1)[N+](C)(C)CC3)OCO2. The minimum Gasteiger partial charge on any atom is -0.492 e. The molecule has 0 saturated carbocycles. The van der Waals surface area contributed by atoms with Gasteiger partial charge in [0.25, 0.3) is 0 Å². The third-order valence-electron chi connectivity index (χ3n) is 5.78. The van der Waals surface area contributed by atoms with Crippen LogP contribution in [-0.2, 0) is 6.42 Å². The number of fused-ring (bicyclic) bond motifs is 2. The maximum absolute atomic E-state index is 13.2. The van der Waals surface area contributed by atoms with E-state index in [9.17, 15) is 9.50 Å². The number of nitrogens with zero attached hydrogens (tertiary/aromatic N) is 1. The zero-order valence-corrected chi connectivity index (χ0v) is 15.9. The number of quaternary nitrogens is 1. The first-order chi connectivity index (χ1) is 12.9. The van der Waals surface area contributed by atoms with Crippen molar-refractivity contribution in [1.82, 2.24) is 0 Å². The molecule has 0 aliphatic carbocycles. The second kappa shape index (κ2) is 6.69. The summed E-state index contributed by atoms with van der Waals surface area (Å²) in [7, 11) is 5.96. The van der Waals surface area contributed by atoms with E-state index in [-0.39, 0.29) is 18.7 Å². The Labute approximate surface area is 158 Å². The number of hydrogen-bond acceptors (Lipinski definition) is 4. The molecule has 0 bridgehead atoms. The van der Waals surface area contributed by atoms with Crippen molar-refractivity contribution in [2.45, 2.75) is 25.0 Å². The summed E-state index contributed by atoms with van der Waals surface area (Å²) in [6.07, 6.45) is 0.703. The van der Waals surface area contributed by atoms with Gasteiger partial charge in [0.1, 0.15) is 11.9 Å². The Morgan fingerprint density at radius 2 is 2.00 bits per heavy atom. The molecule has 0 radical (unpaired) electrons. The molecule has 0 saturated heterocycles. The Kier molecular flexibility index (Phi) is 4.48. The summed E-state index contributed by atoms with van der Waals surface area (Å²) in [5.74, 6) is 1.75. The van der Waals surface area contributed by atoms with Crippen molar-refractivity contribution in [3.63, 3.8) is 0 Å². The van der Waals surface area contributed by atoms with Gasteiger partial charge in [-0.3, -0.25) is 0 Å². The van der Waals surface area contributed by atoms with Gasteiger partial charge in [-0.25, -0.2) is 4.39 Å². The van der Waals surface area contributed by atoms with Crippen LogP contribution < -0.4 is 14.2 Å². The molecular weight excluding hydrogens is 349 g/mol. The van der Waals surface area contributed by atoms with Crippen LogP contribution in [0.25, 0.3) is 0 Å². The minimum atomic E-state index is -0.700. The van der Waals surface area contributed by atoms with E-state index >= 15 is 0 Å². The van der Waals surface area contributed by atoms with E-state index in [0.717, 1.165) is 28.8 Å². The van der Waals surface area contributed by atoms with Gasteiger partial charge < -0.3 is 23.8 Å². The third-order valence-corrected chi connectivity index (χ3v) is 5.78. The number of likely N-dealkylation sites (N-methyl/N-ethyl adjacent to an activating group) is 1. The highest BCUT2D eigenvalue weighted by Crippen LogP contribution is 2.52. The molecule has 2 aliphatic heterocycles. The van der Waals surface area contributed by atoms with E-state index < -0.39 is 6.10 Å². The van der Waals surface area contributed by atoms with Crippen LogP contribution in [0.1, 0.15) is 35.3 Å². The summed E-state index contributed by atoms with van der Waals surface area (Å²) in [4.78, 5) is 0. The summed E-state index contributed by atoms with van der Waals surface area (Å²) in [5, 5.41) is 10.8. The Balaban J connectivity index is 1.75. The summed E-state index contributed by atoms with van der Waals surface area (Å²) in [5.41, 5.74) is 2.95. The number of halogens is 1. The van der Waals surface area contributed by atoms with Crippen molar-refractivity contribution in [3.05, 3.63) is 52.8 Å². The Hall–Kier alpha value is -2.31. The van der Waals surface area contributed by atoms with Crippen LogP contribution >= 0.6 is 0 Å². The van der Waals surface area contributed by atoms with Gasteiger partial charge in [0.2, 0.25) is 12.5 Å². The second-order valence-corrected chi connectivity index (χ2v) is 7.79. The molecule has 0 spiro atoms. The van der Waals surface area contributed by atoms with E-state index in [1.165, 1.54) is 17.7 Å². The number of aliphatic hydroxyl groups excluding tert-OH is 1. The summed E-state index contributed by atoms with van der Waals surface area (Å²) < 4.78 is 30.9. The van der Waals surface area contributed by atoms with Crippen LogP contribution in [0.4, 0.5) is 4.39 Å². The van der Waals surface area contributed by atoms with E-state index in [1.54, 1.807) is 19.2 Å². The lowest BCUT2D eigenvalue weighted by Crippen LogP contribution is -2.48. The minimum absolute atomic E-state index is 0.0123. The normalized spacial score (nSPS) is 20.9. The monoisotopic (exact) mass is 374 g/mol. The lowest BCUT2D eigenvalue weighted by Gasteiger charge is -2.44. The molecule has 2 atom stereocenters. The highest BCUT2D eigenvalue weighted by molar-refractivity contribution is 5.61. The van der Waals surface area contributed by atoms with Gasteiger partial charge in [-0.15, -0.1) is 0 Å². The summed E-state index contributed by atoms with van der Waals surface area (Å²) in [6.45, 7) is 1.13. The second-order valence-electron chi connectivity index (χ2n) is 7.79. The fourth-order valence-electron chi connectivity index (χ4n) is 4.20. The maximum Gasteiger partial charge on any atom is 0.231 e. The molecular formula is C21H25FNO4+. The number of methoxy groups -OCH3 is 1. The maximum atomic E-state index is 13.2. The summed E-state index contributed by atoms with van der Waals surface area (Å²) in [6, 6.07) is 8.09. The number of aliphatic hydroxyl groups is 1. The quantitative estimate of drug-likeness (QED) is 0.834. The number of ether oxygens (including phenoxy) is 3. The van der Waals surface area contributed by atoms with Crippen molar-refractivity contribution < 1.29 is 28.2 Å². The van der Waals surface area contributed by atoms with Crippen molar-refractivity contribution >= 4 is 0 Å². The molecule has 27 heavy (non-hydrogen) atoms. The molecule has 1 N–H and O–H groups in total. The molecule has 2 aliphatic rings. The Morgan fingerprint density at radius 3 is 2.70 bits per heavy atom. The van der Waals surface area contributed by atoms with E-state index in [1.807, 2.05) is 6.07 Å². The molecule has 0 fully saturated rings. The number of hydrogen-bond donors (Lipinski definition) is 1. The van der Waals surface area contributed by atoms with Gasteiger partial charge in [-0.1, -0.05) is 12.1 Å². The predicted molar refractivity (Wildman–Crippen MR) is 98.5 cm³/mol. The van der Waals surface area contributed by atoms with E-state index in [2.05, 4.69) is 14.1 Å². The Morgan fingerprint density at radius 1 is 1.26 bits per heavy atom. The molecule has 144 valence electrons. The summed E-state index contributed by atoms with van der Waals surface area (Å²) >= 11 is 0. The Bertz CT molecular complexity index is 850. The molecule has 0 amide bonds. The average molecular weight is 374 g/mol. The van der Waals surface area contributed by atoms with Crippen LogP contribution in [-0.4, -0.2) is 44.1 Å². The topological polar surface area (TPSA) is 47.9 Å². The third kappa shape index (κ3) is 3.13.